The Bertz CT molecular complexity index is 2500. The Balaban J connectivity index is 1.27. The van der Waals surface area contributed by atoms with Crippen LogP contribution >= 0.6 is 11.8 Å². The van der Waals surface area contributed by atoms with Crippen molar-refractivity contribution in [1.29, 1.82) is 0 Å². The average molecular weight is 601 g/mol. The van der Waals surface area contributed by atoms with E-state index in [1.807, 2.05) is 11.8 Å². The van der Waals surface area contributed by atoms with E-state index in [-0.39, 0.29) is 0 Å². The van der Waals surface area contributed by atoms with E-state index in [0.29, 0.717) is 0 Å². The fraction of sp³-hybridized carbons (Fsp3) is 0.0222. The molecule has 0 aromatic heterocycles. The first kappa shape index (κ1) is 25.9. The lowest BCUT2D eigenvalue weighted by molar-refractivity contribution is 0.770. The van der Waals surface area contributed by atoms with E-state index in [1.54, 1.807) is 0 Å². The zero-order valence-corrected chi connectivity index (χ0v) is 25.9. The van der Waals surface area contributed by atoms with Crippen LogP contribution in [0.1, 0.15) is 22.3 Å². The normalized spacial score (nSPS) is 15.8. The van der Waals surface area contributed by atoms with Crippen LogP contribution in [0, 0.1) is 0 Å². The number of benzene rings is 8. The Hall–Kier alpha value is -5.37. The summed E-state index contributed by atoms with van der Waals surface area (Å²) in [5.41, 5.74) is 12.6. The molecule has 0 spiro atoms. The van der Waals surface area contributed by atoms with Gasteiger partial charge >= 0.3 is 0 Å². The smallest absolute Gasteiger partial charge is 0.0713 e. The van der Waals surface area contributed by atoms with Crippen molar-refractivity contribution in [2.75, 3.05) is 0 Å². The summed E-state index contributed by atoms with van der Waals surface area (Å²) in [5, 5.41) is 5.20. The lowest BCUT2D eigenvalue weighted by atomic mass is 9.67. The Morgan fingerprint density at radius 2 is 1.00 bits per heavy atom. The fourth-order valence-electron chi connectivity index (χ4n) is 8.21. The summed E-state index contributed by atoms with van der Waals surface area (Å²) in [4.78, 5) is 2.65. The quantitative estimate of drug-likeness (QED) is 0.194. The molecule has 0 nitrogen and oxygen atoms in total. The van der Waals surface area contributed by atoms with Gasteiger partial charge in [-0.25, -0.2) is 0 Å². The third-order valence-corrected chi connectivity index (χ3v) is 11.2. The van der Waals surface area contributed by atoms with Gasteiger partial charge in [0.15, 0.2) is 0 Å². The van der Waals surface area contributed by atoms with Crippen LogP contribution in [0.25, 0.3) is 54.9 Å². The Kier molecular flexibility index (Phi) is 5.53. The molecule has 1 heterocycles. The van der Waals surface area contributed by atoms with Gasteiger partial charge in [-0.1, -0.05) is 151 Å². The Morgan fingerprint density at radius 3 is 1.89 bits per heavy atom. The zero-order valence-electron chi connectivity index (χ0n) is 25.1. The first-order chi connectivity index (χ1) is 22.8. The van der Waals surface area contributed by atoms with Crippen molar-refractivity contribution in [1.82, 2.24) is 0 Å². The first-order valence-electron chi connectivity index (χ1n) is 15.9. The van der Waals surface area contributed by atoms with Crippen molar-refractivity contribution >= 4 is 33.3 Å². The van der Waals surface area contributed by atoms with E-state index in [1.165, 1.54) is 87.0 Å². The maximum absolute atomic E-state index is 2.47. The minimum Gasteiger partial charge on any atom is -0.0888 e. The summed E-state index contributed by atoms with van der Waals surface area (Å²) in [6, 6.07) is 63.4. The monoisotopic (exact) mass is 600 g/mol. The molecule has 214 valence electrons. The van der Waals surface area contributed by atoms with Crippen LogP contribution in [-0.2, 0) is 5.41 Å². The summed E-state index contributed by atoms with van der Waals surface area (Å²) in [7, 11) is 0. The predicted molar refractivity (Wildman–Crippen MR) is 194 cm³/mol. The van der Waals surface area contributed by atoms with Crippen molar-refractivity contribution in [2.45, 2.75) is 15.2 Å². The summed E-state index contributed by atoms with van der Waals surface area (Å²) in [6.45, 7) is 0. The van der Waals surface area contributed by atoms with Crippen molar-refractivity contribution in [3.8, 4) is 33.4 Å². The first-order valence-corrected chi connectivity index (χ1v) is 16.7. The predicted octanol–water partition coefficient (Wildman–Crippen LogP) is 12.2. The van der Waals surface area contributed by atoms with Crippen LogP contribution in [0.3, 0.4) is 0 Å². The molecule has 2 aliphatic rings. The number of hydrogen-bond donors (Lipinski definition) is 0. The van der Waals surface area contributed by atoms with Crippen molar-refractivity contribution in [3.63, 3.8) is 0 Å². The van der Waals surface area contributed by atoms with E-state index in [0.717, 1.165) is 0 Å². The molecule has 0 fully saturated rings. The second-order valence-electron chi connectivity index (χ2n) is 12.4. The average Bonchev–Trinajstić information content (AvgIpc) is 3.41. The highest BCUT2D eigenvalue weighted by atomic mass is 32.2. The van der Waals surface area contributed by atoms with Gasteiger partial charge in [0.05, 0.1) is 5.41 Å². The van der Waals surface area contributed by atoms with Gasteiger partial charge in [0, 0.05) is 20.7 Å². The van der Waals surface area contributed by atoms with E-state index in [2.05, 4.69) is 170 Å². The van der Waals surface area contributed by atoms with Crippen molar-refractivity contribution in [3.05, 3.63) is 192 Å². The Labute approximate surface area is 273 Å². The molecule has 10 rings (SSSR count). The summed E-state index contributed by atoms with van der Waals surface area (Å²) in [5.74, 6) is 0. The minimum absolute atomic E-state index is 0.455. The molecule has 8 aromatic carbocycles. The van der Waals surface area contributed by atoms with E-state index in [9.17, 15) is 0 Å². The van der Waals surface area contributed by atoms with Gasteiger partial charge in [-0.15, -0.1) is 0 Å². The SMILES string of the molecule is c1ccc(C2(c3cccc(-c4cccc5c4-c4cccc6cccc(c46)S5)c3)c3ccccc3-c3cc4ccccc4cc32)cc1. The minimum atomic E-state index is -0.455. The topological polar surface area (TPSA) is 0 Å². The molecular weight excluding hydrogens is 573 g/mol. The lowest BCUT2D eigenvalue weighted by Gasteiger charge is -2.34. The van der Waals surface area contributed by atoms with Gasteiger partial charge in [-0.3, -0.25) is 0 Å². The number of rotatable bonds is 3. The van der Waals surface area contributed by atoms with E-state index < -0.39 is 5.41 Å². The van der Waals surface area contributed by atoms with Crippen molar-refractivity contribution < 1.29 is 0 Å². The second-order valence-corrected chi connectivity index (χ2v) is 13.5. The largest absolute Gasteiger partial charge is 0.0888 e. The number of hydrogen-bond acceptors (Lipinski definition) is 1. The van der Waals surface area contributed by atoms with Gasteiger partial charge < -0.3 is 0 Å². The standard InChI is InChI=1S/C45H28S/c1-2-17-33(18-3-1)45(39-23-7-6-20-36(39)38-27-30-12-4-5-13-31(30)28-40(38)45)34-19-8-16-32(26-34)35-21-11-25-42-44(35)37-22-9-14-29-15-10-24-41(46-42)43(29)37/h1-28H. The molecule has 1 unspecified atom stereocenters. The van der Waals surface area contributed by atoms with Crippen LogP contribution in [0.2, 0.25) is 0 Å². The van der Waals surface area contributed by atoms with E-state index in [4.69, 9.17) is 0 Å². The van der Waals surface area contributed by atoms with E-state index >= 15 is 0 Å². The molecule has 1 atom stereocenters. The zero-order chi connectivity index (χ0) is 30.2. The molecule has 8 aromatic rings. The molecule has 1 heteroatoms. The lowest BCUT2D eigenvalue weighted by Crippen LogP contribution is -2.28. The van der Waals surface area contributed by atoms with Gasteiger partial charge in [0.25, 0.3) is 0 Å². The third-order valence-electron chi connectivity index (χ3n) is 10.1. The van der Waals surface area contributed by atoms with Crippen LogP contribution in [0.15, 0.2) is 180 Å². The maximum atomic E-state index is 2.47. The summed E-state index contributed by atoms with van der Waals surface area (Å²) >= 11 is 1.89. The van der Waals surface area contributed by atoms with Gasteiger partial charge in [0.2, 0.25) is 0 Å². The summed E-state index contributed by atoms with van der Waals surface area (Å²) < 4.78 is 0. The Morgan fingerprint density at radius 1 is 0.370 bits per heavy atom. The molecule has 0 radical (unpaired) electrons. The summed E-state index contributed by atoms with van der Waals surface area (Å²) in [6.07, 6.45) is 0. The highest BCUT2D eigenvalue weighted by Crippen LogP contribution is 2.58. The van der Waals surface area contributed by atoms with Gasteiger partial charge in [-0.05, 0) is 96.6 Å². The molecule has 0 saturated carbocycles. The maximum Gasteiger partial charge on any atom is 0.0713 e. The van der Waals surface area contributed by atoms with Crippen LogP contribution in [0.5, 0.6) is 0 Å². The molecule has 0 saturated heterocycles. The second kappa shape index (κ2) is 9.81. The van der Waals surface area contributed by atoms with Gasteiger partial charge in [-0.2, -0.15) is 0 Å². The highest BCUT2D eigenvalue weighted by molar-refractivity contribution is 7.99. The fourth-order valence-corrected chi connectivity index (χ4v) is 9.40. The van der Waals surface area contributed by atoms with Crippen LogP contribution in [0.4, 0.5) is 0 Å². The van der Waals surface area contributed by atoms with Crippen LogP contribution in [-0.4, -0.2) is 0 Å². The van der Waals surface area contributed by atoms with Gasteiger partial charge in [0.1, 0.15) is 0 Å². The molecule has 1 aliphatic heterocycles. The van der Waals surface area contributed by atoms with Crippen molar-refractivity contribution in [2.24, 2.45) is 0 Å². The molecule has 1 aliphatic carbocycles. The molecule has 46 heavy (non-hydrogen) atoms. The molecule has 0 N–H and O–H groups in total. The van der Waals surface area contributed by atoms with Crippen LogP contribution < -0.4 is 0 Å². The molecule has 0 amide bonds. The molecule has 0 bridgehead atoms. The highest BCUT2D eigenvalue weighted by Gasteiger charge is 2.46. The third kappa shape index (κ3) is 3.52. The molecular formula is C45H28S. The number of fused-ring (bicyclic) bond motifs is 6.